The second-order valence-electron chi connectivity index (χ2n) is 17.1. The molecule has 1 nitrogen and oxygen atoms in total. The van der Waals surface area contributed by atoms with Crippen LogP contribution >= 0.6 is 0 Å². The lowest BCUT2D eigenvalue weighted by Gasteiger charge is -2.24. The zero-order valence-electron chi connectivity index (χ0n) is 33.4. The zero-order chi connectivity index (χ0) is 39.7. The molecule has 0 saturated carbocycles. The Bertz CT molecular complexity index is 3750. The summed E-state index contributed by atoms with van der Waals surface area (Å²) in [6.07, 6.45) is 0. The summed E-state index contributed by atoms with van der Waals surface area (Å²) in [5.41, 5.74) is 14.6. The third-order valence-electron chi connectivity index (χ3n) is 13.6. The first-order valence-electron chi connectivity index (χ1n) is 21.0. The van der Waals surface area contributed by atoms with E-state index in [1.165, 1.54) is 115 Å². The summed E-state index contributed by atoms with van der Waals surface area (Å²) in [6.45, 7) is 4.82. The fourth-order valence-corrected chi connectivity index (χ4v) is 11.1. The van der Waals surface area contributed by atoms with Gasteiger partial charge in [0.25, 0.3) is 0 Å². The Labute approximate surface area is 347 Å². The fraction of sp³-hybridized carbons (Fsp3) is 0.0508. The van der Waals surface area contributed by atoms with E-state index >= 15 is 0 Å². The van der Waals surface area contributed by atoms with Gasteiger partial charge in [0.15, 0.2) is 0 Å². The molecular weight excluding hydrogens is 725 g/mol. The highest BCUT2D eigenvalue weighted by atomic mass is 16.3. The molecule has 0 aliphatic heterocycles. The van der Waals surface area contributed by atoms with Gasteiger partial charge in [0.05, 0.1) is 0 Å². The van der Waals surface area contributed by atoms with Crippen LogP contribution in [-0.2, 0) is 5.41 Å². The van der Waals surface area contributed by atoms with Crippen LogP contribution < -0.4 is 0 Å². The van der Waals surface area contributed by atoms with Crippen molar-refractivity contribution in [1.29, 1.82) is 0 Å². The normalized spacial score (nSPS) is 13.3. The van der Waals surface area contributed by atoms with Crippen molar-refractivity contribution >= 4 is 75.8 Å². The van der Waals surface area contributed by atoms with Gasteiger partial charge in [-0.25, -0.2) is 0 Å². The van der Waals surface area contributed by atoms with Crippen LogP contribution in [0, 0.1) is 0 Å². The third-order valence-corrected chi connectivity index (χ3v) is 13.6. The maximum Gasteiger partial charge on any atom is 0.136 e. The summed E-state index contributed by atoms with van der Waals surface area (Å²) >= 11 is 0. The molecule has 280 valence electrons. The summed E-state index contributed by atoms with van der Waals surface area (Å²) in [5.74, 6) is 0. The number of hydrogen-bond donors (Lipinski definition) is 0. The highest BCUT2D eigenvalue weighted by Crippen LogP contribution is 2.57. The van der Waals surface area contributed by atoms with Gasteiger partial charge in [0.1, 0.15) is 11.2 Å². The lowest BCUT2D eigenvalue weighted by molar-refractivity contribution is 0.666. The minimum Gasteiger partial charge on any atom is -0.456 e. The van der Waals surface area contributed by atoms with Crippen LogP contribution in [0.2, 0.25) is 0 Å². The Hall–Kier alpha value is -7.48. The molecule has 0 N–H and O–H groups in total. The van der Waals surface area contributed by atoms with E-state index in [4.69, 9.17) is 4.42 Å². The summed E-state index contributed by atoms with van der Waals surface area (Å²) in [7, 11) is 0. The Morgan fingerprint density at radius 3 is 1.53 bits per heavy atom. The molecule has 1 aromatic heterocycles. The van der Waals surface area contributed by atoms with Gasteiger partial charge in [-0.3, -0.25) is 0 Å². The number of fused-ring (bicyclic) bond motifs is 15. The van der Waals surface area contributed by atoms with E-state index in [0.717, 1.165) is 16.6 Å². The highest BCUT2D eigenvalue weighted by Gasteiger charge is 2.39. The first kappa shape index (κ1) is 33.5. The van der Waals surface area contributed by atoms with Crippen molar-refractivity contribution in [2.45, 2.75) is 19.3 Å². The predicted molar refractivity (Wildman–Crippen MR) is 255 cm³/mol. The molecule has 11 aromatic carbocycles. The average Bonchev–Trinajstić information content (AvgIpc) is 3.80. The van der Waals surface area contributed by atoms with Crippen LogP contribution in [0.3, 0.4) is 0 Å². The first-order chi connectivity index (χ1) is 29.5. The van der Waals surface area contributed by atoms with E-state index in [0.29, 0.717) is 0 Å². The maximum absolute atomic E-state index is 6.45. The van der Waals surface area contributed by atoms with Crippen LogP contribution in [0.4, 0.5) is 0 Å². The van der Waals surface area contributed by atoms with Crippen LogP contribution in [0.25, 0.3) is 120 Å². The van der Waals surface area contributed by atoms with Gasteiger partial charge >= 0.3 is 0 Å². The molecule has 0 fully saturated rings. The third kappa shape index (κ3) is 4.52. The van der Waals surface area contributed by atoms with Crippen LogP contribution in [-0.4, -0.2) is 0 Å². The molecule has 12 aromatic rings. The fourth-order valence-electron chi connectivity index (χ4n) is 11.1. The molecule has 0 bridgehead atoms. The largest absolute Gasteiger partial charge is 0.456 e. The highest BCUT2D eigenvalue weighted by molar-refractivity contribution is 6.24. The van der Waals surface area contributed by atoms with Gasteiger partial charge in [-0.2, -0.15) is 0 Å². The van der Waals surface area contributed by atoms with E-state index in [2.05, 4.69) is 208 Å². The summed E-state index contributed by atoms with van der Waals surface area (Å²) in [4.78, 5) is 0. The van der Waals surface area contributed by atoms with Crippen molar-refractivity contribution in [2.75, 3.05) is 0 Å². The molecular formula is C59H38O. The van der Waals surface area contributed by atoms with Gasteiger partial charge in [-0.1, -0.05) is 184 Å². The first-order valence-corrected chi connectivity index (χ1v) is 21.0. The summed E-state index contributed by atoms with van der Waals surface area (Å²) < 4.78 is 6.45. The molecule has 1 aliphatic rings. The quantitative estimate of drug-likeness (QED) is 0.129. The van der Waals surface area contributed by atoms with Gasteiger partial charge in [0, 0.05) is 16.2 Å². The Morgan fingerprint density at radius 2 is 0.850 bits per heavy atom. The molecule has 1 aliphatic carbocycles. The van der Waals surface area contributed by atoms with Crippen molar-refractivity contribution in [3.63, 3.8) is 0 Å². The van der Waals surface area contributed by atoms with Crippen LogP contribution in [0.15, 0.2) is 199 Å². The van der Waals surface area contributed by atoms with E-state index in [1.54, 1.807) is 0 Å². The minimum absolute atomic E-state index is 0.164. The lowest BCUT2D eigenvalue weighted by Crippen LogP contribution is -2.15. The van der Waals surface area contributed by atoms with Crippen molar-refractivity contribution in [3.8, 4) is 44.5 Å². The molecule has 1 heteroatoms. The average molecular weight is 763 g/mol. The van der Waals surface area contributed by atoms with Crippen molar-refractivity contribution in [3.05, 3.63) is 205 Å². The topological polar surface area (TPSA) is 13.1 Å². The molecule has 60 heavy (non-hydrogen) atoms. The molecule has 13 rings (SSSR count). The van der Waals surface area contributed by atoms with E-state index < -0.39 is 0 Å². The number of benzene rings is 11. The van der Waals surface area contributed by atoms with Crippen LogP contribution in [0.1, 0.15) is 25.0 Å². The molecule has 0 saturated heterocycles. The second kappa shape index (κ2) is 12.3. The van der Waals surface area contributed by atoms with Gasteiger partial charge in [0.2, 0.25) is 0 Å². The molecule has 0 atom stereocenters. The van der Waals surface area contributed by atoms with Gasteiger partial charge in [-0.05, 0) is 134 Å². The van der Waals surface area contributed by atoms with E-state index in [9.17, 15) is 0 Å². The van der Waals surface area contributed by atoms with Crippen LogP contribution in [0.5, 0.6) is 0 Å². The smallest absolute Gasteiger partial charge is 0.136 e. The van der Waals surface area contributed by atoms with E-state index in [1.807, 2.05) is 0 Å². The molecule has 1 heterocycles. The maximum atomic E-state index is 6.45. The number of rotatable bonds is 3. The zero-order valence-corrected chi connectivity index (χ0v) is 33.4. The van der Waals surface area contributed by atoms with Gasteiger partial charge in [-0.15, -0.1) is 0 Å². The monoisotopic (exact) mass is 762 g/mol. The molecule has 0 radical (unpaired) electrons. The Morgan fingerprint density at radius 1 is 0.333 bits per heavy atom. The van der Waals surface area contributed by atoms with Crippen molar-refractivity contribution in [2.24, 2.45) is 0 Å². The molecule has 0 amide bonds. The number of furan rings is 1. The standard InChI is InChI=1S/C59H38O/c1-59(2)50-28-14-27-40(56(50)57-43-21-7-5-19-41(43)42-20-6-12-26-48(42)58(57)59)36-16-13-17-37(33-36)53-44-22-8-10-24-46(44)54(47-25-11-9-23-45(47)53)38-30-31-51-49(34-38)55-39-18-4-3-15-35(39)29-32-52(55)60-51/h3-34H,1-2H3. The summed E-state index contributed by atoms with van der Waals surface area (Å²) in [5, 5.41) is 15.0. The van der Waals surface area contributed by atoms with Crippen molar-refractivity contribution < 1.29 is 4.42 Å². The minimum atomic E-state index is -0.164. The Kier molecular flexibility index (Phi) is 6.85. The number of hydrogen-bond acceptors (Lipinski definition) is 1. The lowest BCUT2D eigenvalue weighted by atomic mass is 9.79. The predicted octanol–water partition coefficient (Wildman–Crippen LogP) is 16.7. The van der Waals surface area contributed by atoms with E-state index in [-0.39, 0.29) is 5.41 Å². The molecule has 0 unspecified atom stereocenters. The second-order valence-corrected chi connectivity index (χ2v) is 17.1. The summed E-state index contributed by atoms with van der Waals surface area (Å²) in [6, 6.07) is 71.8. The molecule has 0 spiro atoms. The van der Waals surface area contributed by atoms with Gasteiger partial charge < -0.3 is 4.42 Å². The SMILES string of the molecule is CC1(C)c2cccc(-c3cccc(-c4c5ccccc5c(-c5ccc6oc7ccc8ccccc8c7c6c5)c5ccccc45)c3)c2-c2c1c1ccccc1c1ccccc21. The Balaban J connectivity index is 1.05. The van der Waals surface area contributed by atoms with Crippen molar-refractivity contribution in [1.82, 2.24) is 0 Å².